The Labute approximate surface area is 192 Å². The van der Waals surface area contributed by atoms with Gasteiger partial charge in [-0.1, -0.05) is 24.3 Å². The number of nitrogens with zero attached hydrogens (tertiary/aromatic N) is 2. The van der Waals surface area contributed by atoms with Crippen LogP contribution in [-0.2, 0) is 17.7 Å². The van der Waals surface area contributed by atoms with Crippen molar-refractivity contribution < 1.29 is 9.84 Å². The minimum absolute atomic E-state index is 0. The molecule has 1 aromatic carbocycles. The molecule has 0 radical (unpaired) electrons. The number of guanidine groups is 1. The number of hydrogen-bond acceptors (Lipinski definition) is 4. The van der Waals surface area contributed by atoms with Gasteiger partial charge >= 0.3 is 0 Å². The van der Waals surface area contributed by atoms with Crippen molar-refractivity contribution in [3.63, 3.8) is 0 Å². The van der Waals surface area contributed by atoms with Crippen LogP contribution in [0.25, 0.3) is 0 Å². The lowest BCUT2D eigenvalue weighted by atomic mass is 9.84. The first-order valence-corrected chi connectivity index (χ1v) is 10.4. The number of benzene rings is 1. The van der Waals surface area contributed by atoms with Crippen LogP contribution in [0, 0.1) is 5.41 Å². The van der Waals surface area contributed by atoms with E-state index in [9.17, 15) is 5.11 Å². The third kappa shape index (κ3) is 6.29. The molecular weight excluding hydrogens is 479 g/mol. The van der Waals surface area contributed by atoms with E-state index in [2.05, 4.69) is 58.6 Å². The maximum Gasteiger partial charge on any atom is 0.191 e. The average molecular weight is 516 g/mol. The second-order valence-electron chi connectivity index (χ2n) is 8.81. The van der Waals surface area contributed by atoms with Crippen LogP contribution in [0.4, 0.5) is 0 Å². The summed E-state index contributed by atoms with van der Waals surface area (Å²) in [6, 6.07) is 8.76. The Kier molecular flexibility index (Phi) is 9.18. The van der Waals surface area contributed by atoms with Crippen molar-refractivity contribution in [1.29, 1.82) is 0 Å². The van der Waals surface area contributed by atoms with E-state index in [-0.39, 0.29) is 41.5 Å². The minimum atomic E-state index is 0. The molecule has 2 heterocycles. The number of aliphatic hydroxyl groups excluding tert-OH is 1. The molecule has 29 heavy (non-hydrogen) atoms. The van der Waals surface area contributed by atoms with Gasteiger partial charge in [0.1, 0.15) is 0 Å². The lowest BCUT2D eigenvalue weighted by Gasteiger charge is -2.42. The zero-order valence-electron chi connectivity index (χ0n) is 18.0. The summed E-state index contributed by atoms with van der Waals surface area (Å²) in [5.74, 6) is 0.815. The minimum Gasteiger partial charge on any atom is -0.396 e. The number of fused-ring (bicyclic) bond motifs is 1. The lowest BCUT2D eigenvalue weighted by molar-refractivity contribution is 0.107. The third-order valence-electron chi connectivity index (χ3n) is 6.36. The molecule has 0 bridgehead atoms. The van der Waals surface area contributed by atoms with Crippen LogP contribution in [0.3, 0.4) is 0 Å². The van der Waals surface area contributed by atoms with Gasteiger partial charge in [-0.3, -0.25) is 9.89 Å². The first kappa shape index (κ1) is 24.4. The van der Waals surface area contributed by atoms with Crippen LogP contribution < -0.4 is 10.6 Å². The molecule has 1 atom stereocenters. The molecule has 1 fully saturated rings. The molecule has 1 unspecified atom stereocenters. The van der Waals surface area contributed by atoms with Gasteiger partial charge < -0.3 is 20.5 Å². The second kappa shape index (κ2) is 10.9. The van der Waals surface area contributed by atoms with Crippen molar-refractivity contribution in [3.05, 3.63) is 35.4 Å². The Balaban J connectivity index is 0.00000300. The smallest absolute Gasteiger partial charge is 0.191 e. The van der Waals surface area contributed by atoms with Crippen LogP contribution in [0.5, 0.6) is 0 Å². The summed E-state index contributed by atoms with van der Waals surface area (Å²) in [5.41, 5.74) is 2.95. The summed E-state index contributed by atoms with van der Waals surface area (Å²) in [6.07, 6.45) is 2.85. The van der Waals surface area contributed by atoms with E-state index >= 15 is 0 Å². The Morgan fingerprint density at radius 3 is 2.69 bits per heavy atom. The largest absolute Gasteiger partial charge is 0.396 e. The van der Waals surface area contributed by atoms with E-state index in [4.69, 9.17) is 4.74 Å². The Morgan fingerprint density at radius 2 is 2.03 bits per heavy atom. The van der Waals surface area contributed by atoms with E-state index in [1.165, 1.54) is 11.1 Å². The topological polar surface area (TPSA) is 69.1 Å². The predicted octanol–water partition coefficient (Wildman–Crippen LogP) is 2.40. The normalized spacial score (nSPS) is 22.7. The highest BCUT2D eigenvalue weighted by Gasteiger charge is 2.35. The van der Waals surface area contributed by atoms with Gasteiger partial charge in [-0.05, 0) is 44.2 Å². The zero-order chi connectivity index (χ0) is 20.0. The number of halogens is 1. The fourth-order valence-electron chi connectivity index (χ4n) is 4.23. The average Bonchev–Trinajstić information content (AvgIpc) is 3.16. The highest BCUT2D eigenvalue weighted by Crippen LogP contribution is 2.31. The van der Waals surface area contributed by atoms with Crippen molar-refractivity contribution in [2.45, 2.75) is 45.2 Å². The van der Waals surface area contributed by atoms with E-state index in [0.717, 1.165) is 58.0 Å². The molecule has 1 saturated heterocycles. The van der Waals surface area contributed by atoms with Gasteiger partial charge in [0.05, 0.1) is 6.61 Å². The number of aliphatic hydroxyl groups is 1. The van der Waals surface area contributed by atoms with E-state index in [1.54, 1.807) is 0 Å². The molecule has 3 N–H and O–H groups in total. The summed E-state index contributed by atoms with van der Waals surface area (Å²) < 4.78 is 5.58. The van der Waals surface area contributed by atoms with Gasteiger partial charge in [0, 0.05) is 57.4 Å². The molecule has 164 valence electrons. The van der Waals surface area contributed by atoms with Crippen molar-refractivity contribution in [3.8, 4) is 0 Å². The van der Waals surface area contributed by atoms with Crippen molar-refractivity contribution in [2.24, 2.45) is 10.4 Å². The third-order valence-corrected chi connectivity index (χ3v) is 6.36. The van der Waals surface area contributed by atoms with Crippen molar-refractivity contribution >= 4 is 29.9 Å². The molecule has 1 aromatic rings. The van der Waals surface area contributed by atoms with Crippen LogP contribution in [-0.4, -0.2) is 68.0 Å². The molecule has 6 nitrogen and oxygen atoms in total. The van der Waals surface area contributed by atoms with Crippen LogP contribution in [0.1, 0.15) is 37.8 Å². The molecular formula is C22H37IN4O2. The van der Waals surface area contributed by atoms with Crippen LogP contribution >= 0.6 is 24.0 Å². The molecule has 2 aliphatic heterocycles. The zero-order valence-corrected chi connectivity index (χ0v) is 20.4. The monoisotopic (exact) mass is 516 g/mol. The fraction of sp³-hybridized carbons (Fsp3) is 0.682. The van der Waals surface area contributed by atoms with Gasteiger partial charge in [0.25, 0.3) is 0 Å². The maximum absolute atomic E-state index is 9.40. The SMILES string of the molecule is CN=C(NCC1(CCO)CCOC1)NCC(C)(C)N1CCc2ccccc2C1.I. The Bertz CT molecular complexity index is 675. The number of aliphatic imine (C=N–C) groups is 1. The first-order valence-electron chi connectivity index (χ1n) is 10.4. The van der Waals surface area contributed by atoms with Gasteiger partial charge in [0.2, 0.25) is 0 Å². The molecule has 0 aliphatic carbocycles. The Morgan fingerprint density at radius 1 is 1.28 bits per heavy atom. The van der Waals surface area contributed by atoms with Crippen molar-refractivity contribution in [1.82, 2.24) is 15.5 Å². The molecule has 7 heteroatoms. The number of nitrogens with one attached hydrogen (secondary N) is 2. The summed E-state index contributed by atoms with van der Waals surface area (Å²) in [5, 5.41) is 16.4. The fourth-order valence-corrected chi connectivity index (χ4v) is 4.23. The quantitative estimate of drug-likeness (QED) is 0.295. The number of rotatable bonds is 7. The molecule has 0 spiro atoms. The Hall–Kier alpha value is -0.900. The molecule has 0 aromatic heterocycles. The predicted molar refractivity (Wildman–Crippen MR) is 129 cm³/mol. The second-order valence-corrected chi connectivity index (χ2v) is 8.81. The van der Waals surface area contributed by atoms with Crippen LogP contribution in [0.15, 0.2) is 29.3 Å². The van der Waals surface area contributed by atoms with Gasteiger partial charge in [-0.15, -0.1) is 24.0 Å². The van der Waals surface area contributed by atoms with Crippen molar-refractivity contribution in [2.75, 3.05) is 46.5 Å². The van der Waals surface area contributed by atoms with Gasteiger partial charge in [-0.2, -0.15) is 0 Å². The molecule has 0 amide bonds. The van der Waals surface area contributed by atoms with E-state index in [1.807, 2.05) is 7.05 Å². The molecule has 0 saturated carbocycles. The van der Waals surface area contributed by atoms with Gasteiger partial charge in [-0.25, -0.2) is 0 Å². The molecule has 3 rings (SSSR count). The van der Waals surface area contributed by atoms with Crippen LogP contribution in [0.2, 0.25) is 0 Å². The summed E-state index contributed by atoms with van der Waals surface area (Å²) >= 11 is 0. The maximum atomic E-state index is 9.40. The standard InChI is InChI=1S/C22H36N4O2.HI/c1-21(2,26-11-8-18-6-4-5-7-19(18)14-26)15-24-20(23-3)25-16-22(9-12-27)10-13-28-17-22;/h4-7,27H,8-17H2,1-3H3,(H2,23,24,25);1H. The summed E-state index contributed by atoms with van der Waals surface area (Å²) in [6.45, 7) is 9.91. The van der Waals surface area contributed by atoms with Gasteiger partial charge in [0.15, 0.2) is 5.96 Å². The summed E-state index contributed by atoms with van der Waals surface area (Å²) in [7, 11) is 1.81. The highest BCUT2D eigenvalue weighted by molar-refractivity contribution is 14.0. The lowest BCUT2D eigenvalue weighted by Crippen LogP contribution is -2.55. The highest BCUT2D eigenvalue weighted by atomic mass is 127. The number of hydrogen-bond donors (Lipinski definition) is 3. The molecule has 2 aliphatic rings. The van der Waals surface area contributed by atoms with E-state index < -0.39 is 0 Å². The van der Waals surface area contributed by atoms with E-state index in [0.29, 0.717) is 6.61 Å². The number of ether oxygens (including phenoxy) is 1. The summed E-state index contributed by atoms with van der Waals surface area (Å²) in [4.78, 5) is 6.95. The first-order chi connectivity index (χ1) is 13.5.